The quantitative estimate of drug-likeness (QED) is 0.502. The van der Waals surface area contributed by atoms with Gasteiger partial charge in [0.05, 0.1) is 11.8 Å². The average Bonchev–Trinajstić information content (AvgIpc) is 3.05. The van der Waals surface area contributed by atoms with Crippen molar-refractivity contribution in [1.82, 2.24) is 0 Å². The Labute approximate surface area is 132 Å². The molecule has 23 heavy (non-hydrogen) atoms. The lowest BCUT2D eigenvalue weighted by molar-refractivity contribution is -0.112. The van der Waals surface area contributed by atoms with E-state index in [1.807, 2.05) is 0 Å². The highest BCUT2D eigenvalue weighted by Gasteiger charge is 2.09. The monoisotopic (exact) mass is 308 g/mol. The van der Waals surface area contributed by atoms with E-state index in [-0.39, 0.29) is 11.1 Å². The van der Waals surface area contributed by atoms with Crippen molar-refractivity contribution in [2.45, 2.75) is 0 Å². The molecule has 0 aliphatic rings. The van der Waals surface area contributed by atoms with Gasteiger partial charge in [0.25, 0.3) is 5.91 Å². The molecule has 6 nitrogen and oxygen atoms in total. The van der Waals surface area contributed by atoms with Gasteiger partial charge in [0.2, 0.25) is 0 Å². The molecule has 1 amide bonds. The van der Waals surface area contributed by atoms with Crippen molar-refractivity contribution in [2.24, 2.45) is 0 Å². The third-order valence-corrected chi connectivity index (χ3v) is 2.82. The molecular weight excluding hydrogens is 296 g/mol. The fraction of sp³-hybridized carbons (Fsp3) is 0. The summed E-state index contributed by atoms with van der Waals surface area (Å²) in [5.74, 6) is -1.04. The average molecular weight is 308 g/mol. The van der Waals surface area contributed by atoms with Crippen molar-refractivity contribution < 1.29 is 19.1 Å². The lowest BCUT2D eigenvalue weighted by Crippen LogP contribution is -2.13. The van der Waals surface area contributed by atoms with Crippen molar-refractivity contribution in [2.75, 3.05) is 5.32 Å². The van der Waals surface area contributed by atoms with Crippen LogP contribution in [0.1, 0.15) is 16.1 Å². The maximum Gasteiger partial charge on any atom is 0.335 e. The van der Waals surface area contributed by atoms with E-state index in [0.29, 0.717) is 11.4 Å². The zero-order valence-corrected chi connectivity index (χ0v) is 11.9. The van der Waals surface area contributed by atoms with Gasteiger partial charge in [-0.2, -0.15) is 5.26 Å². The van der Waals surface area contributed by atoms with Crippen LogP contribution in [0.25, 0.3) is 6.08 Å². The second-order valence-electron chi connectivity index (χ2n) is 4.40. The number of carboxylic acid groups (broad SMARTS) is 1. The number of carbonyl (C=O) groups is 2. The molecule has 0 aliphatic carbocycles. The number of nitriles is 1. The first-order valence-electron chi connectivity index (χ1n) is 6.57. The van der Waals surface area contributed by atoms with Gasteiger partial charge < -0.3 is 14.8 Å². The Morgan fingerprint density at radius 2 is 1.96 bits per heavy atom. The molecule has 1 heterocycles. The van der Waals surface area contributed by atoms with Crippen molar-refractivity contribution >= 4 is 23.6 Å². The fourth-order valence-electron chi connectivity index (χ4n) is 1.68. The third-order valence-electron chi connectivity index (χ3n) is 2.82. The van der Waals surface area contributed by atoms with Gasteiger partial charge in [-0.05, 0) is 48.6 Å². The third kappa shape index (κ3) is 4.44. The molecule has 1 aromatic carbocycles. The predicted octanol–water partition coefficient (Wildman–Crippen LogP) is 3.08. The van der Waals surface area contributed by atoms with E-state index >= 15 is 0 Å². The Morgan fingerprint density at radius 3 is 2.52 bits per heavy atom. The molecule has 0 saturated carbocycles. The molecule has 0 saturated heterocycles. The van der Waals surface area contributed by atoms with Gasteiger partial charge in [-0.25, -0.2) is 4.79 Å². The minimum Gasteiger partial charge on any atom is -0.478 e. The van der Waals surface area contributed by atoms with Gasteiger partial charge in [0.1, 0.15) is 17.4 Å². The van der Waals surface area contributed by atoms with E-state index in [1.54, 1.807) is 24.3 Å². The maximum absolute atomic E-state index is 12.0. The molecule has 1 aromatic heterocycles. The molecular formula is C17H12N2O4. The van der Waals surface area contributed by atoms with E-state index in [0.717, 1.165) is 0 Å². The van der Waals surface area contributed by atoms with E-state index in [9.17, 15) is 9.59 Å². The lowest BCUT2D eigenvalue weighted by atomic mass is 10.2. The van der Waals surface area contributed by atoms with Gasteiger partial charge in [-0.1, -0.05) is 6.08 Å². The highest BCUT2D eigenvalue weighted by molar-refractivity contribution is 6.07. The number of benzene rings is 1. The van der Waals surface area contributed by atoms with E-state index in [2.05, 4.69) is 5.32 Å². The predicted molar refractivity (Wildman–Crippen MR) is 83.5 cm³/mol. The molecule has 0 atom stereocenters. The highest BCUT2D eigenvalue weighted by Crippen LogP contribution is 2.11. The number of hydrogen-bond donors (Lipinski definition) is 2. The molecule has 0 aliphatic heterocycles. The SMILES string of the molecule is N#C/C(=C\C=Cc1ccco1)C(=O)Nc1ccc(C(=O)O)cc1. The molecule has 2 rings (SSSR count). The number of allylic oxidation sites excluding steroid dienone is 2. The highest BCUT2D eigenvalue weighted by atomic mass is 16.4. The first-order valence-corrected chi connectivity index (χ1v) is 6.57. The number of anilines is 1. The number of furan rings is 1. The number of nitrogens with zero attached hydrogens (tertiary/aromatic N) is 1. The number of carboxylic acids is 1. The van der Waals surface area contributed by atoms with Crippen LogP contribution in [0.3, 0.4) is 0 Å². The smallest absolute Gasteiger partial charge is 0.335 e. The molecule has 114 valence electrons. The number of aromatic carboxylic acids is 1. The van der Waals surface area contributed by atoms with Crippen LogP contribution in [-0.2, 0) is 4.79 Å². The Balaban J connectivity index is 2.05. The maximum atomic E-state index is 12.0. The molecule has 6 heteroatoms. The van der Waals surface area contributed by atoms with Crippen molar-refractivity contribution in [3.05, 3.63) is 71.7 Å². The molecule has 0 fully saturated rings. The topological polar surface area (TPSA) is 103 Å². The number of rotatable bonds is 5. The molecule has 2 aromatic rings. The van der Waals surface area contributed by atoms with Crippen molar-refractivity contribution in [1.29, 1.82) is 5.26 Å². The first-order chi connectivity index (χ1) is 11.1. The Bertz CT molecular complexity index is 794. The van der Waals surface area contributed by atoms with Crippen LogP contribution in [-0.4, -0.2) is 17.0 Å². The van der Waals surface area contributed by atoms with E-state index in [4.69, 9.17) is 14.8 Å². The Kier molecular flexibility index (Phi) is 5.10. The zero-order valence-electron chi connectivity index (χ0n) is 11.9. The summed E-state index contributed by atoms with van der Waals surface area (Å²) in [5, 5.41) is 20.4. The number of carbonyl (C=O) groups excluding carboxylic acids is 1. The van der Waals surface area contributed by atoms with Crippen molar-refractivity contribution in [3.63, 3.8) is 0 Å². The van der Waals surface area contributed by atoms with Crippen LogP contribution >= 0.6 is 0 Å². The largest absolute Gasteiger partial charge is 0.478 e. The van der Waals surface area contributed by atoms with Crippen LogP contribution in [0.2, 0.25) is 0 Å². The number of amides is 1. The Hall–Kier alpha value is -3.59. The van der Waals surface area contributed by atoms with Crippen molar-refractivity contribution in [3.8, 4) is 6.07 Å². The summed E-state index contributed by atoms with van der Waals surface area (Å²) in [6, 6.07) is 10.9. The van der Waals surface area contributed by atoms with Gasteiger partial charge in [-0.3, -0.25) is 4.79 Å². The lowest BCUT2D eigenvalue weighted by Gasteiger charge is -2.04. The minimum absolute atomic E-state index is 0.0879. The summed E-state index contributed by atoms with van der Waals surface area (Å²) >= 11 is 0. The fourth-order valence-corrected chi connectivity index (χ4v) is 1.68. The molecule has 0 unspecified atom stereocenters. The van der Waals surface area contributed by atoms with Gasteiger partial charge >= 0.3 is 5.97 Å². The summed E-state index contributed by atoms with van der Waals surface area (Å²) in [5.41, 5.74) is 0.423. The van der Waals surface area contributed by atoms with E-state index in [1.165, 1.54) is 42.7 Å². The van der Waals surface area contributed by atoms with E-state index < -0.39 is 11.9 Å². The van der Waals surface area contributed by atoms with Crippen LogP contribution in [0, 0.1) is 11.3 Å². The summed E-state index contributed by atoms with van der Waals surface area (Å²) in [6.07, 6.45) is 6.03. The Morgan fingerprint density at radius 1 is 1.22 bits per heavy atom. The molecule has 0 spiro atoms. The van der Waals surface area contributed by atoms with Crippen LogP contribution < -0.4 is 5.32 Å². The van der Waals surface area contributed by atoms with Gasteiger partial charge in [0.15, 0.2) is 0 Å². The van der Waals surface area contributed by atoms with Crippen LogP contribution in [0.15, 0.2) is 64.8 Å². The molecule has 0 radical (unpaired) electrons. The number of nitrogens with one attached hydrogen (secondary N) is 1. The van der Waals surface area contributed by atoms with Crippen LogP contribution in [0.5, 0.6) is 0 Å². The summed E-state index contributed by atoms with van der Waals surface area (Å²) in [6.45, 7) is 0. The molecule has 2 N–H and O–H groups in total. The molecule has 0 bridgehead atoms. The second kappa shape index (κ2) is 7.43. The summed E-state index contributed by atoms with van der Waals surface area (Å²) < 4.78 is 5.09. The summed E-state index contributed by atoms with van der Waals surface area (Å²) in [7, 11) is 0. The van der Waals surface area contributed by atoms with Gasteiger partial charge in [-0.15, -0.1) is 0 Å². The summed E-state index contributed by atoms with van der Waals surface area (Å²) in [4.78, 5) is 22.7. The standard InChI is InChI=1S/C17H12N2O4/c18-11-13(3-1-4-15-5-2-10-23-15)16(20)19-14-8-6-12(7-9-14)17(21)22/h1-10H,(H,19,20)(H,21,22)/b4-1?,13-3+. The number of hydrogen-bond acceptors (Lipinski definition) is 4. The normalized spacial score (nSPS) is 11.2. The minimum atomic E-state index is -1.05. The zero-order chi connectivity index (χ0) is 16.7. The van der Waals surface area contributed by atoms with Crippen LogP contribution in [0.4, 0.5) is 5.69 Å². The first kappa shape index (κ1) is 15.8. The van der Waals surface area contributed by atoms with Gasteiger partial charge in [0, 0.05) is 5.69 Å². The second-order valence-corrected chi connectivity index (χ2v) is 4.40.